The third-order valence-corrected chi connectivity index (χ3v) is 3.40. The Morgan fingerprint density at radius 3 is 2.80 bits per heavy atom. The van der Waals surface area contributed by atoms with Gasteiger partial charge in [0.2, 0.25) is 0 Å². The summed E-state index contributed by atoms with van der Waals surface area (Å²) in [5.41, 5.74) is 2.69. The summed E-state index contributed by atoms with van der Waals surface area (Å²) in [6.45, 7) is 3.99. The van der Waals surface area contributed by atoms with Gasteiger partial charge < -0.3 is 5.32 Å². The third-order valence-electron chi connectivity index (χ3n) is 2.91. The van der Waals surface area contributed by atoms with Crippen molar-refractivity contribution in [2.75, 3.05) is 5.32 Å². The molecule has 0 bridgehead atoms. The number of hydrogen-bond donors (Lipinski definition) is 1. The van der Waals surface area contributed by atoms with Crippen LogP contribution >= 0.6 is 15.9 Å². The summed E-state index contributed by atoms with van der Waals surface area (Å²) in [6.07, 6.45) is 0. The highest BCUT2D eigenvalue weighted by molar-refractivity contribution is 9.10. The molecule has 0 radical (unpaired) electrons. The number of nitriles is 1. The first kappa shape index (κ1) is 14.5. The van der Waals surface area contributed by atoms with Gasteiger partial charge >= 0.3 is 0 Å². The molecule has 102 valence electrons. The van der Waals surface area contributed by atoms with E-state index in [0.717, 1.165) is 15.7 Å². The molecule has 0 unspecified atom stereocenters. The predicted molar refractivity (Wildman–Crippen MR) is 79.9 cm³/mol. The standard InChI is InChI=1S/C15H13BrFN3/c1-9-5-10(2)20-15(13(9)7-18)19-8-11-6-12(16)3-4-14(11)17/h3-6H,8H2,1-2H3,(H,19,20). The van der Waals surface area contributed by atoms with Gasteiger partial charge in [0.1, 0.15) is 17.7 Å². The minimum absolute atomic E-state index is 0.274. The lowest BCUT2D eigenvalue weighted by atomic mass is 10.1. The number of hydrogen-bond acceptors (Lipinski definition) is 3. The zero-order valence-corrected chi connectivity index (χ0v) is 12.8. The number of nitrogens with one attached hydrogen (secondary N) is 1. The number of aryl methyl sites for hydroxylation is 2. The number of benzene rings is 1. The average Bonchev–Trinajstić information content (AvgIpc) is 2.39. The summed E-state index contributed by atoms with van der Waals surface area (Å²) in [4.78, 5) is 4.30. The van der Waals surface area contributed by atoms with Crippen LogP contribution in [0.4, 0.5) is 10.2 Å². The molecule has 0 saturated heterocycles. The first-order valence-corrected chi connectivity index (χ1v) is 6.86. The van der Waals surface area contributed by atoms with Crippen molar-refractivity contribution in [3.63, 3.8) is 0 Å². The molecule has 5 heteroatoms. The SMILES string of the molecule is Cc1cc(C)c(C#N)c(NCc2cc(Br)ccc2F)n1. The maximum absolute atomic E-state index is 13.7. The van der Waals surface area contributed by atoms with Gasteiger partial charge in [-0.2, -0.15) is 5.26 Å². The van der Waals surface area contributed by atoms with Gasteiger partial charge in [-0.3, -0.25) is 0 Å². The van der Waals surface area contributed by atoms with Crippen molar-refractivity contribution in [1.82, 2.24) is 4.98 Å². The summed E-state index contributed by atoms with van der Waals surface area (Å²) in [5, 5.41) is 12.2. The monoisotopic (exact) mass is 333 g/mol. The molecular weight excluding hydrogens is 321 g/mol. The fraction of sp³-hybridized carbons (Fsp3) is 0.200. The molecule has 0 atom stereocenters. The van der Waals surface area contributed by atoms with E-state index in [1.807, 2.05) is 19.9 Å². The molecule has 3 nitrogen and oxygen atoms in total. The van der Waals surface area contributed by atoms with Crippen LogP contribution < -0.4 is 5.32 Å². The summed E-state index contributed by atoms with van der Waals surface area (Å²) in [5.74, 6) is 0.202. The molecule has 0 saturated carbocycles. The number of aromatic nitrogens is 1. The first-order chi connectivity index (χ1) is 9.51. The topological polar surface area (TPSA) is 48.7 Å². The Morgan fingerprint density at radius 2 is 2.10 bits per heavy atom. The van der Waals surface area contributed by atoms with Gasteiger partial charge in [-0.25, -0.2) is 9.37 Å². The zero-order valence-electron chi connectivity index (χ0n) is 11.2. The van der Waals surface area contributed by atoms with Crippen LogP contribution in [0.15, 0.2) is 28.7 Å². The van der Waals surface area contributed by atoms with Crippen molar-refractivity contribution in [2.24, 2.45) is 0 Å². The second-order valence-corrected chi connectivity index (χ2v) is 5.42. The first-order valence-electron chi connectivity index (χ1n) is 6.07. The van der Waals surface area contributed by atoms with E-state index in [2.05, 4.69) is 32.3 Å². The third kappa shape index (κ3) is 3.14. The predicted octanol–water partition coefficient (Wildman–Crippen LogP) is 4.08. The lowest BCUT2D eigenvalue weighted by molar-refractivity contribution is 0.612. The minimum atomic E-state index is -0.288. The van der Waals surface area contributed by atoms with Crippen molar-refractivity contribution < 1.29 is 4.39 Å². The van der Waals surface area contributed by atoms with Crippen LogP contribution in [0.1, 0.15) is 22.4 Å². The molecule has 0 aliphatic heterocycles. The summed E-state index contributed by atoms with van der Waals surface area (Å²) < 4.78 is 14.5. The lowest BCUT2D eigenvalue weighted by Gasteiger charge is -2.11. The number of halogens is 2. The van der Waals surface area contributed by atoms with E-state index in [-0.39, 0.29) is 12.4 Å². The second kappa shape index (κ2) is 6.02. The van der Waals surface area contributed by atoms with E-state index >= 15 is 0 Å². The normalized spacial score (nSPS) is 10.2. The largest absolute Gasteiger partial charge is 0.365 e. The molecule has 2 aromatic rings. The Bertz CT molecular complexity index is 692. The Morgan fingerprint density at radius 1 is 1.35 bits per heavy atom. The van der Waals surface area contributed by atoms with Crippen LogP contribution in [-0.4, -0.2) is 4.98 Å². The molecule has 0 amide bonds. The molecule has 0 fully saturated rings. The van der Waals surface area contributed by atoms with Crippen molar-refractivity contribution >= 4 is 21.7 Å². The summed E-state index contributed by atoms with van der Waals surface area (Å²) in [7, 11) is 0. The molecule has 0 spiro atoms. The smallest absolute Gasteiger partial charge is 0.144 e. The molecule has 0 aliphatic carbocycles. The van der Waals surface area contributed by atoms with Crippen molar-refractivity contribution in [3.8, 4) is 6.07 Å². The van der Waals surface area contributed by atoms with Crippen molar-refractivity contribution in [1.29, 1.82) is 5.26 Å². The molecule has 0 aliphatic rings. The fourth-order valence-corrected chi connectivity index (χ4v) is 2.37. The quantitative estimate of drug-likeness (QED) is 0.920. The average molecular weight is 334 g/mol. The van der Waals surface area contributed by atoms with Crippen LogP contribution in [0.2, 0.25) is 0 Å². The fourth-order valence-electron chi connectivity index (χ4n) is 1.96. The Hall–Kier alpha value is -1.93. The van der Waals surface area contributed by atoms with Crippen LogP contribution in [0.5, 0.6) is 0 Å². The molecular formula is C15H13BrFN3. The Kier molecular flexibility index (Phi) is 4.35. The van der Waals surface area contributed by atoms with E-state index in [9.17, 15) is 9.65 Å². The van der Waals surface area contributed by atoms with Crippen LogP contribution in [0, 0.1) is 31.0 Å². The van der Waals surface area contributed by atoms with Crippen molar-refractivity contribution in [2.45, 2.75) is 20.4 Å². The molecule has 1 N–H and O–H groups in total. The maximum atomic E-state index is 13.7. The number of anilines is 1. The maximum Gasteiger partial charge on any atom is 0.144 e. The van der Waals surface area contributed by atoms with E-state index in [1.54, 1.807) is 12.1 Å². The second-order valence-electron chi connectivity index (χ2n) is 4.51. The number of rotatable bonds is 3. The lowest BCUT2D eigenvalue weighted by Crippen LogP contribution is -2.07. The van der Waals surface area contributed by atoms with Gasteiger partial charge in [0.05, 0.1) is 5.56 Å². The summed E-state index contributed by atoms with van der Waals surface area (Å²) in [6, 6.07) is 8.73. The van der Waals surface area contributed by atoms with Gasteiger partial charge in [0.25, 0.3) is 0 Å². The molecule has 20 heavy (non-hydrogen) atoms. The van der Waals surface area contributed by atoms with Crippen molar-refractivity contribution in [3.05, 3.63) is 56.9 Å². The van der Waals surface area contributed by atoms with E-state index < -0.39 is 0 Å². The van der Waals surface area contributed by atoms with Gasteiger partial charge in [-0.1, -0.05) is 15.9 Å². The highest BCUT2D eigenvalue weighted by Gasteiger charge is 2.09. The van der Waals surface area contributed by atoms with Crippen LogP contribution in [-0.2, 0) is 6.54 Å². The van der Waals surface area contributed by atoms with Gasteiger partial charge in [0.15, 0.2) is 0 Å². The molecule has 1 heterocycles. The number of pyridine rings is 1. The summed E-state index contributed by atoms with van der Waals surface area (Å²) >= 11 is 3.31. The zero-order chi connectivity index (χ0) is 14.7. The van der Waals surface area contributed by atoms with Gasteiger partial charge in [-0.05, 0) is 43.7 Å². The minimum Gasteiger partial charge on any atom is -0.365 e. The molecule has 1 aromatic carbocycles. The Balaban J connectivity index is 2.27. The highest BCUT2D eigenvalue weighted by atomic mass is 79.9. The van der Waals surface area contributed by atoms with E-state index in [4.69, 9.17) is 0 Å². The van der Waals surface area contributed by atoms with Gasteiger partial charge in [0, 0.05) is 22.3 Å². The van der Waals surface area contributed by atoms with E-state index in [1.165, 1.54) is 6.07 Å². The van der Waals surface area contributed by atoms with E-state index in [0.29, 0.717) is 16.9 Å². The number of nitrogens with zero attached hydrogens (tertiary/aromatic N) is 2. The Labute approximate surface area is 125 Å². The van der Waals surface area contributed by atoms with Crippen LogP contribution in [0.25, 0.3) is 0 Å². The highest BCUT2D eigenvalue weighted by Crippen LogP contribution is 2.20. The van der Waals surface area contributed by atoms with Gasteiger partial charge in [-0.15, -0.1) is 0 Å². The molecule has 1 aromatic heterocycles. The molecule has 2 rings (SSSR count). The van der Waals surface area contributed by atoms with Crippen LogP contribution in [0.3, 0.4) is 0 Å².